The van der Waals surface area contributed by atoms with Gasteiger partial charge in [0, 0.05) is 62.4 Å². The lowest BCUT2D eigenvalue weighted by Gasteiger charge is -2.26. The van der Waals surface area contributed by atoms with Crippen molar-refractivity contribution in [3.63, 3.8) is 0 Å². The van der Waals surface area contributed by atoms with Crippen molar-refractivity contribution in [2.24, 2.45) is 0 Å². The van der Waals surface area contributed by atoms with Crippen LogP contribution < -0.4 is 32.4 Å². The first-order chi connectivity index (χ1) is 23.0. The highest BCUT2D eigenvalue weighted by atomic mass is 19.1. The largest absolute Gasteiger partial charge is 0.453 e. The van der Waals surface area contributed by atoms with Crippen LogP contribution in [0.1, 0.15) is 49.7 Å². The van der Waals surface area contributed by atoms with Gasteiger partial charge in [0.05, 0.1) is 11.3 Å². The topological polar surface area (TPSA) is 154 Å². The first-order valence-corrected chi connectivity index (χ1v) is 15.4. The predicted molar refractivity (Wildman–Crippen MR) is 180 cm³/mol. The number of rotatable bonds is 8. The number of carbonyl (C=O) groups is 2. The van der Waals surface area contributed by atoms with Gasteiger partial charge in [0.1, 0.15) is 22.9 Å². The maximum atomic E-state index is 15.2. The normalized spacial score (nSPS) is 12.9. The van der Waals surface area contributed by atoms with Crippen molar-refractivity contribution >= 4 is 29.4 Å². The Kier molecular flexibility index (Phi) is 11.6. The zero-order valence-electron chi connectivity index (χ0n) is 27.0. The third-order valence-electron chi connectivity index (χ3n) is 7.21. The van der Waals surface area contributed by atoms with Gasteiger partial charge in [0.25, 0.3) is 11.5 Å². The summed E-state index contributed by atoms with van der Waals surface area (Å²) in [6.07, 6.45) is 5.33. The van der Waals surface area contributed by atoms with Gasteiger partial charge in [-0.3, -0.25) is 19.0 Å². The van der Waals surface area contributed by atoms with Gasteiger partial charge >= 0.3 is 5.69 Å². The number of nitrogen functional groups attached to an aromatic ring is 1. The number of benzene rings is 2. The number of nitrogens with two attached hydrogens (primary N) is 1. The molecule has 0 saturated carbocycles. The average molecular weight is 662 g/mol. The highest BCUT2D eigenvalue weighted by molar-refractivity contribution is 6.04. The molecule has 0 aliphatic carbocycles. The summed E-state index contributed by atoms with van der Waals surface area (Å²) >= 11 is 0. The Morgan fingerprint density at radius 2 is 1.71 bits per heavy atom. The van der Waals surface area contributed by atoms with E-state index in [2.05, 4.69) is 15.6 Å². The standard InChI is InChI=1S/C32H31F2N7O5.C2H6/c1-19(2)40-18-24(31(44)41(32(40)45)22-6-3-20(33)4-7-22)30(43)38-21-5-9-27(25(34)17-21)46-26-11-12-37-29(35)23(26)8-10-28(42)39-15-13-36-14-16-39;1-2/h3-12,17-19,36H,13-16H2,1-2H3,(H2,35,37)(H,38,43);1-2H3/b10-8+;. The van der Waals surface area contributed by atoms with Crippen molar-refractivity contribution in [2.45, 2.75) is 33.7 Å². The number of amides is 2. The summed E-state index contributed by atoms with van der Waals surface area (Å²) in [5, 5.41) is 5.65. The molecule has 5 rings (SSSR count). The first-order valence-electron chi connectivity index (χ1n) is 15.4. The number of pyridine rings is 1. The Morgan fingerprint density at radius 3 is 2.35 bits per heavy atom. The molecule has 3 heterocycles. The molecule has 2 amide bonds. The van der Waals surface area contributed by atoms with Crippen molar-refractivity contribution < 1.29 is 23.1 Å². The zero-order chi connectivity index (χ0) is 35.0. The number of aromatic nitrogens is 3. The Balaban J connectivity index is 0.00000255. The summed E-state index contributed by atoms with van der Waals surface area (Å²) in [4.78, 5) is 57.9. The summed E-state index contributed by atoms with van der Waals surface area (Å²) in [6, 6.07) is 9.35. The second kappa shape index (κ2) is 15.8. The fourth-order valence-corrected chi connectivity index (χ4v) is 4.77. The Labute approximate surface area is 275 Å². The van der Waals surface area contributed by atoms with Gasteiger partial charge in [-0.15, -0.1) is 0 Å². The first kappa shape index (κ1) is 35.2. The molecule has 4 aromatic rings. The van der Waals surface area contributed by atoms with E-state index in [0.717, 1.165) is 29.0 Å². The molecular weight excluding hydrogens is 624 g/mol. The summed E-state index contributed by atoms with van der Waals surface area (Å²) in [7, 11) is 0. The van der Waals surface area contributed by atoms with Gasteiger partial charge in [-0.2, -0.15) is 0 Å². The van der Waals surface area contributed by atoms with Gasteiger partial charge in [-0.1, -0.05) is 13.8 Å². The molecule has 12 nitrogen and oxygen atoms in total. The summed E-state index contributed by atoms with van der Waals surface area (Å²) in [5.41, 5.74) is 4.35. The minimum Gasteiger partial charge on any atom is -0.453 e. The second-order valence-corrected chi connectivity index (χ2v) is 10.7. The SMILES string of the molecule is CC.CC(C)n1cc(C(=O)Nc2ccc(Oc3ccnc(N)c3/C=C/C(=O)N3CCNCC3)c(F)c2)c(=O)n(-c2ccc(F)cc2)c1=O. The molecule has 2 aromatic carbocycles. The van der Waals surface area contributed by atoms with E-state index in [9.17, 15) is 23.6 Å². The number of nitrogens with zero attached hydrogens (tertiary/aromatic N) is 4. The quantitative estimate of drug-likeness (QED) is 0.236. The minimum absolute atomic E-state index is 0.000795. The zero-order valence-corrected chi connectivity index (χ0v) is 27.0. The maximum absolute atomic E-state index is 15.2. The molecule has 48 heavy (non-hydrogen) atoms. The van der Waals surface area contributed by atoms with Crippen LogP contribution in [0.4, 0.5) is 20.3 Å². The molecule has 0 spiro atoms. The fraction of sp³-hybridized carbons (Fsp3) is 0.265. The maximum Gasteiger partial charge on any atom is 0.335 e. The average Bonchev–Trinajstić information content (AvgIpc) is 3.07. The molecular formula is C34H37F2N7O5. The van der Waals surface area contributed by atoms with E-state index < -0.39 is 40.4 Å². The van der Waals surface area contributed by atoms with Crippen LogP contribution >= 0.6 is 0 Å². The number of ether oxygens (including phenoxy) is 1. The smallest absolute Gasteiger partial charge is 0.335 e. The van der Waals surface area contributed by atoms with E-state index >= 15 is 4.39 Å². The van der Waals surface area contributed by atoms with Crippen LogP contribution in [-0.2, 0) is 4.79 Å². The molecule has 252 valence electrons. The molecule has 0 radical (unpaired) electrons. The van der Waals surface area contributed by atoms with Gasteiger partial charge in [0.2, 0.25) is 5.91 Å². The van der Waals surface area contributed by atoms with Crippen molar-refractivity contribution in [3.05, 3.63) is 111 Å². The molecule has 1 aliphatic rings. The van der Waals surface area contributed by atoms with Gasteiger partial charge in [0.15, 0.2) is 11.6 Å². The number of piperazine rings is 1. The molecule has 0 unspecified atom stereocenters. The molecule has 14 heteroatoms. The summed E-state index contributed by atoms with van der Waals surface area (Å²) in [6.45, 7) is 9.90. The number of hydrogen-bond acceptors (Lipinski definition) is 8. The highest BCUT2D eigenvalue weighted by Crippen LogP contribution is 2.32. The van der Waals surface area contributed by atoms with Crippen LogP contribution in [0.5, 0.6) is 11.5 Å². The molecule has 4 N–H and O–H groups in total. The number of hydrogen-bond donors (Lipinski definition) is 3. The molecule has 0 bridgehead atoms. The van der Waals surface area contributed by atoms with Crippen molar-refractivity contribution in [1.82, 2.24) is 24.3 Å². The predicted octanol–water partition coefficient (Wildman–Crippen LogP) is 4.35. The van der Waals surface area contributed by atoms with Crippen LogP contribution in [0, 0.1) is 11.6 Å². The lowest BCUT2D eigenvalue weighted by Crippen LogP contribution is -2.45. The third-order valence-corrected chi connectivity index (χ3v) is 7.21. The summed E-state index contributed by atoms with van der Waals surface area (Å²) < 4.78 is 36.5. The number of anilines is 2. The van der Waals surface area contributed by atoms with Crippen LogP contribution in [-0.4, -0.2) is 57.0 Å². The third kappa shape index (κ3) is 8.01. The van der Waals surface area contributed by atoms with E-state index in [1.807, 2.05) is 13.8 Å². The van der Waals surface area contributed by atoms with E-state index in [-0.39, 0.29) is 40.2 Å². The fourth-order valence-electron chi connectivity index (χ4n) is 4.77. The Morgan fingerprint density at radius 1 is 1.02 bits per heavy atom. The van der Waals surface area contributed by atoms with Crippen LogP contribution in [0.2, 0.25) is 0 Å². The van der Waals surface area contributed by atoms with E-state index in [1.165, 1.54) is 53.2 Å². The Bertz CT molecular complexity index is 1930. The van der Waals surface area contributed by atoms with Crippen LogP contribution in [0.15, 0.2) is 76.6 Å². The van der Waals surface area contributed by atoms with E-state index in [0.29, 0.717) is 26.2 Å². The molecule has 2 aromatic heterocycles. The van der Waals surface area contributed by atoms with E-state index in [1.54, 1.807) is 18.7 Å². The second-order valence-electron chi connectivity index (χ2n) is 10.7. The molecule has 1 aliphatic heterocycles. The number of nitrogens with one attached hydrogen (secondary N) is 2. The van der Waals surface area contributed by atoms with Crippen molar-refractivity contribution in [3.8, 4) is 17.2 Å². The minimum atomic E-state index is -0.933. The van der Waals surface area contributed by atoms with Crippen LogP contribution in [0.3, 0.4) is 0 Å². The highest BCUT2D eigenvalue weighted by Gasteiger charge is 2.21. The lowest BCUT2D eigenvalue weighted by atomic mass is 10.2. The monoisotopic (exact) mass is 661 g/mol. The molecule has 1 saturated heterocycles. The lowest BCUT2D eigenvalue weighted by molar-refractivity contribution is -0.126. The molecule has 1 fully saturated rings. The van der Waals surface area contributed by atoms with Crippen molar-refractivity contribution in [2.75, 3.05) is 37.2 Å². The Hall–Kier alpha value is -5.63. The van der Waals surface area contributed by atoms with E-state index in [4.69, 9.17) is 10.5 Å². The van der Waals surface area contributed by atoms with Gasteiger partial charge in [-0.25, -0.2) is 23.1 Å². The van der Waals surface area contributed by atoms with Crippen LogP contribution in [0.25, 0.3) is 11.8 Å². The summed E-state index contributed by atoms with van der Waals surface area (Å²) in [5.74, 6) is -2.52. The van der Waals surface area contributed by atoms with Crippen molar-refractivity contribution in [1.29, 1.82) is 0 Å². The molecule has 0 atom stereocenters. The number of carbonyl (C=O) groups excluding carboxylic acids is 2. The van der Waals surface area contributed by atoms with Gasteiger partial charge < -0.3 is 26.0 Å². The number of halogens is 2. The van der Waals surface area contributed by atoms with Gasteiger partial charge in [-0.05, 0) is 62.4 Å².